The molecule has 1 heterocycles. The van der Waals surface area contributed by atoms with Crippen molar-refractivity contribution < 1.29 is 9.76 Å². The molecule has 0 saturated heterocycles. The molecule has 0 amide bonds. The Labute approximate surface area is 127 Å². The van der Waals surface area contributed by atoms with Crippen LogP contribution in [0.3, 0.4) is 0 Å². The summed E-state index contributed by atoms with van der Waals surface area (Å²) in [6.07, 6.45) is 1.87. The van der Waals surface area contributed by atoms with E-state index in [1.54, 1.807) is 12.1 Å². The van der Waals surface area contributed by atoms with E-state index in [2.05, 4.69) is 21.7 Å². The highest BCUT2D eigenvalue weighted by molar-refractivity contribution is 5.95. The third-order valence-corrected chi connectivity index (χ3v) is 3.44. The lowest BCUT2D eigenvalue weighted by Crippen LogP contribution is -1.98. The van der Waals surface area contributed by atoms with E-state index in [0.717, 1.165) is 27.9 Å². The lowest BCUT2D eigenvalue weighted by atomic mass is 10.1. The number of hydrogen-bond donors (Lipinski definition) is 2. The predicted octanol–water partition coefficient (Wildman–Crippen LogP) is 4.22. The summed E-state index contributed by atoms with van der Waals surface area (Å²) in [4.78, 5) is 19.8. The highest BCUT2D eigenvalue weighted by Crippen LogP contribution is 2.28. The van der Waals surface area contributed by atoms with Gasteiger partial charge < -0.3 is 10.3 Å². The summed E-state index contributed by atoms with van der Waals surface area (Å²) in [5.74, 6) is 0. The summed E-state index contributed by atoms with van der Waals surface area (Å²) in [7, 11) is 1.34. The van der Waals surface area contributed by atoms with Gasteiger partial charge in [0.25, 0.3) is 4.92 Å². The Morgan fingerprint density at radius 2 is 2.00 bits per heavy atom. The van der Waals surface area contributed by atoms with Crippen LogP contribution >= 0.6 is 0 Å². The van der Waals surface area contributed by atoms with E-state index in [1.165, 1.54) is 7.11 Å². The smallest absolute Gasteiger partial charge is 0.318 e. The van der Waals surface area contributed by atoms with E-state index in [1.807, 2.05) is 42.6 Å². The Morgan fingerprint density at radius 3 is 2.73 bits per heavy atom. The molecule has 0 bridgehead atoms. The number of nitrogens with one attached hydrogen (secondary N) is 2. The molecule has 3 aromatic rings. The summed E-state index contributed by atoms with van der Waals surface area (Å²) >= 11 is 0. The molecule has 0 spiro atoms. The maximum Gasteiger partial charge on any atom is 0.318 e. The molecule has 2 N–H and O–H groups in total. The Morgan fingerprint density at radius 1 is 1.23 bits per heavy atom. The van der Waals surface area contributed by atoms with Gasteiger partial charge in [-0.15, -0.1) is 0 Å². The van der Waals surface area contributed by atoms with Crippen LogP contribution in [0, 0.1) is 4.91 Å². The number of H-pyrrole nitrogens is 1. The molecular formula is C17H16N3O2+. The van der Waals surface area contributed by atoms with Crippen molar-refractivity contribution in [1.82, 2.24) is 4.98 Å². The van der Waals surface area contributed by atoms with Crippen LogP contribution in [-0.2, 0) is 4.84 Å². The van der Waals surface area contributed by atoms with Gasteiger partial charge in [0, 0.05) is 40.7 Å². The van der Waals surface area contributed by atoms with Gasteiger partial charge in [0.05, 0.1) is 10.4 Å². The Kier molecular flexibility index (Phi) is 3.62. The Bertz CT molecular complexity index is 837. The summed E-state index contributed by atoms with van der Waals surface area (Å²) in [6, 6.07) is 15.2. The molecule has 0 atom stereocenters. The molecule has 2 aromatic carbocycles. The summed E-state index contributed by atoms with van der Waals surface area (Å²) in [6.45, 7) is 4.09. The lowest BCUT2D eigenvalue weighted by Gasteiger charge is -2.08. The van der Waals surface area contributed by atoms with E-state index in [0.29, 0.717) is 10.6 Å². The van der Waals surface area contributed by atoms with Crippen LogP contribution in [0.15, 0.2) is 61.3 Å². The van der Waals surface area contributed by atoms with Crippen LogP contribution in [0.4, 0.5) is 11.4 Å². The first-order valence-corrected chi connectivity index (χ1v) is 6.83. The van der Waals surface area contributed by atoms with Gasteiger partial charge in [0.2, 0.25) is 0 Å². The van der Waals surface area contributed by atoms with Crippen molar-refractivity contribution in [3.63, 3.8) is 0 Å². The molecule has 0 unspecified atom stereocenters. The van der Waals surface area contributed by atoms with Gasteiger partial charge in [0.1, 0.15) is 0 Å². The minimum absolute atomic E-state index is 0.435. The zero-order valence-corrected chi connectivity index (χ0v) is 12.2. The SMILES string of the molecule is C=C(Nc1ccccc1)c1c[nH]c2cc([N+](=O)OC)ccc12. The zero-order valence-electron chi connectivity index (χ0n) is 12.2. The Balaban J connectivity index is 1.91. The first-order chi connectivity index (χ1) is 10.7. The van der Waals surface area contributed by atoms with Crippen molar-refractivity contribution in [1.29, 1.82) is 0 Å². The first kappa shape index (κ1) is 13.9. The second-order valence-corrected chi connectivity index (χ2v) is 4.84. The normalized spacial score (nSPS) is 10.4. The molecule has 0 aliphatic heterocycles. The molecule has 0 aliphatic rings. The predicted molar refractivity (Wildman–Crippen MR) is 87.7 cm³/mol. The van der Waals surface area contributed by atoms with Crippen LogP contribution in [0.5, 0.6) is 0 Å². The van der Waals surface area contributed by atoms with Crippen molar-refractivity contribution >= 4 is 28.0 Å². The minimum Gasteiger partial charge on any atom is -0.360 e. The third kappa shape index (κ3) is 2.56. The quantitative estimate of drug-likeness (QED) is 0.693. The standard InChI is InChI=1S/C17H16N3O2/c1-12(19-13-6-4-3-5-7-13)16-11-18-17-10-14(20(21)22-2)8-9-15(16)17/h3-11,18-19H,1H2,2H3/q+1. The van der Waals surface area contributed by atoms with E-state index in [4.69, 9.17) is 0 Å². The van der Waals surface area contributed by atoms with E-state index >= 15 is 0 Å². The fourth-order valence-corrected chi connectivity index (χ4v) is 2.35. The fourth-order valence-electron chi connectivity index (χ4n) is 2.35. The average Bonchev–Trinajstić information content (AvgIpc) is 2.98. The van der Waals surface area contributed by atoms with Crippen LogP contribution in [0.25, 0.3) is 16.6 Å². The maximum absolute atomic E-state index is 11.5. The molecule has 110 valence electrons. The van der Waals surface area contributed by atoms with Crippen molar-refractivity contribution in [2.75, 3.05) is 12.4 Å². The number of para-hydroxylation sites is 1. The number of nitrogens with zero attached hydrogens (tertiary/aromatic N) is 1. The fraction of sp³-hybridized carbons (Fsp3) is 0.0588. The zero-order chi connectivity index (χ0) is 15.5. The number of benzene rings is 2. The molecule has 1 aromatic heterocycles. The monoisotopic (exact) mass is 294 g/mol. The van der Waals surface area contributed by atoms with Crippen LogP contribution in [0.2, 0.25) is 0 Å². The summed E-state index contributed by atoms with van der Waals surface area (Å²) in [5, 5.41) is 4.26. The number of rotatable bonds is 5. The van der Waals surface area contributed by atoms with E-state index < -0.39 is 0 Å². The number of aromatic amines is 1. The average molecular weight is 294 g/mol. The Hall–Kier alpha value is -3.08. The highest BCUT2D eigenvalue weighted by atomic mass is 16.8. The van der Waals surface area contributed by atoms with Crippen LogP contribution < -0.4 is 5.32 Å². The molecule has 0 fully saturated rings. The van der Waals surface area contributed by atoms with Crippen molar-refractivity contribution in [2.24, 2.45) is 0 Å². The molecule has 22 heavy (non-hydrogen) atoms. The van der Waals surface area contributed by atoms with E-state index in [-0.39, 0.29) is 0 Å². The van der Waals surface area contributed by atoms with Gasteiger partial charge in [-0.1, -0.05) is 24.8 Å². The minimum atomic E-state index is 0.435. The van der Waals surface area contributed by atoms with Crippen LogP contribution in [-0.4, -0.2) is 17.0 Å². The molecular weight excluding hydrogens is 278 g/mol. The second kappa shape index (κ2) is 5.73. The topological polar surface area (TPSA) is 57.1 Å². The molecule has 5 nitrogen and oxygen atoms in total. The van der Waals surface area contributed by atoms with Gasteiger partial charge in [-0.05, 0) is 18.2 Å². The summed E-state index contributed by atoms with van der Waals surface area (Å²) < 4.78 is 0. The third-order valence-electron chi connectivity index (χ3n) is 3.44. The van der Waals surface area contributed by atoms with Crippen molar-refractivity contribution in [3.05, 3.63) is 71.8 Å². The number of aromatic nitrogens is 1. The maximum atomic E-state index is 11.5. The van der Waals surface area contributed by atoms with Crippen molar-refractivity contribution in [2.45, 2.75) is 0 Å². The number of hydrogen-bond acceptors (Lipinski definition) is 3. The lowest BCUT2D eigenvalue weighted by molar-refractivity contribution is -0.736. The van der Waals surface area contributed by atoms with Crippen LogP contribution in [0.1, 0.15) is 5.56 Å². The van der Waals surface area contributed by atoms with Gasteiger partial charge >= 0.3 is 5.69 Å². The molecule has 0 radical (unpaired) electrons. The number of anilines is 1. The largest absolute Gasteiger partial charge is 0.360 e. The first-order valence-electron chi connectivity index (χ1n) is 6.83. The van der Waals surface area contributed by atoms with Crippen molar-refractivity contribution in [3.8, 4) is 0 Å². The molecule has 0 saturated carbocycles. The molecule has 0 aliphatic carbocycles. The van der Waals surface area contributed by atoms with Gasteiger partial charge in [-0.2, -0.15) is 0 Å². The van der Waals surface area contributed by atoms with E-state index in [9.17, 15) is 4.91 Å². The van der Waals surface area contributed by atoms with Gasteiger partial charge in [-0.3, -0.25) is 0 Å². The summed E-state index contributed by atoms with van der Waals surface area (Å²) in [5.41, 5.74) is 4.01. The van der Waals surface area contributed by atoms with Gasteiger partial charge in [0.15, 0.2) is 7.11 Å². The van der Waals surface area contributed by atoms with Gasteiger partial charge in [-0.25, -0.2) is 4.84 Å². The highest BCUT2D eigenvalue weighted by Gasteiger charge is 2.16. The number of fused-ring (bicyclic) bond motifs is 1. The molecule has 5 heteroatoms. The molecule has 3 rings (SSSR count). The second-order valence-electron chi connectivity index (χ2n) is 4.84.